The molecule has 0 aromatic heterocycles. The Morgan fingerprint density at radius 2 is 1.12 bits per heavy atom. The maximum Gasteiger partial charge on any atom is 0.192 e. The highest BCUT2D eigenvalue weighted by molar-refractivity contribution is 5.41. The van der Waals surface area contributed by atoms with E-state index < -0.39 is 11.4 Å². The Bertz CT molecular complexity index is 2370. The molecule has 0 N–H and O–H groups in total. The molecule has 2 heteroatoms. The van der Waals surface area contributed by atoms with Gasteiger partial charge >= 0.3 is 0 Å². The van der Waals surface area contributed by atoms with Crippen LogP contribution in [0, 0.1) is 40.4 Å². The van der Waals surface area contributed by atoms with Crippen molar-refractivity contribution in [2.75, 3.05) is 0 Å². The van der Waals surface area contributed by atoms with Crippen LogP contribution in [0.3, 0.4) is 0 Å². The number of ether oxygens (including phenoxy) is 2. The summed E-state index contributed by atoms with van der Waals surface area (Å²) < 4.78 is 14.9. The molecular weight excluding hydrogens is 921 g/mol. The molecule has 1 heterocycles. The first-order valence-corrected chi connectivity index (χ1v) is 29.7. The Hall–Kier alpha value is -4.24. The second-order valence-electron chi connectivity index (χ2n) is 26.0. The van der Waals surface area contributed by atoms with Gasteiger partial charge in [-0.05, 0) is 198 Å². The Balaban J connectivity index is 1.74. The average Bonchev–Trinajstić information content (AvgIpc) is 3.64. The summed E-state index contributed by atoms with van der Waals surface area (Å²) >= 11 is 0. The fraction of sp³-hybridized carbons (Fsp3) is 0.568. The minimum Gasteiger partial charge on any atom is -0.340 e. The zero-order valence-electron chi connectivity index (χ0n) is 52.2. The lowest BCUT2D eigenvalue weighted by Gasteiger charge is -2.43. The molecule has 1 saturated heterocycles. The summed E-state index contributed by atoms with van der Waals surface area (Å²) in [5.41, 5.74) is 15.5. The fourth-order valence-electron chi connectivity index (χ4n) is 11.0. The van der Waals surface area contributed by atoms with Gasteiger partial charge in [0.15, 0.2) is 5.79 Å². The van der Waals surface area contributed by atoms with E-state index in [1.54, 1.807) is 0 Å². The van der Waals surface area contributed by atoms with E-state index >= 15 is 0 Å². The van der Waals surface area contributed by atoms with Crippen LogP contribution in [0.4, 0.5) is 0 Å². The van der Waals surface area contributed by atoms with Crippen LogP contribution < -0.4 is 0 Å². The van der Waals surface area contributed by atoms with Crippen LogP contribution in [0.5, 0.6) is 0 Å². The summed E-state index contributed by atoms with van der Waals surface area (Å²) in [6.07, 6.45) is 50.5. The van der Waals surface area contributed by atoms with E-state index in [1.807, 2.05) is 0 Å². The summed E-state index contributed by atoms with van der Waals surface area (Å²) in [5.74, 6) is 1.74. The van der Waals surface area contributed by atoms with Crippen LogP contribution in [-0.4, -0.2) is 17.5 Å². The summed E-state index contributed by atoms with van der Waals surface area (Å²) in [5, 5.41) is 0. The largest absolute Gasteiger partial charge is 0.340 e. The highest BCUT2D eigenvalue weighted by Crippen LogP contribution is 2.55. The molecule has 2 aliphatic carbocycles. The van der Waals surface area contributed by atoms with E-state index in [4.69, 9.17) is 9.47 Å². The van der Waals surface area contributed by atoms with Gasteiger partial charge in [-0.25, -0.2) is 0 Å². The van der Waals surface area contributed by atoms with E-state index in [9.17, 15) is 0 Å². The van der Waals surface area contributed by atoms with Gasteiger partial charge in [0, 0.05) is 12.3 Å². The second-order valence-corrected chi connectivity index (χ2v) is 26.0. The molecule has 0 saturated carbocycles. The van der Waals surface area contributed by atoms with E-state index in [0.29, 0.717) is 35.0 Å². The molecule has 0 amide bonds. The first-order valence-electron chi connectivity index (χ1n) is 29.7. The molecule has 420 valence electrons. The van der Waals surface area contributed by atoms with E-state index in [-0.39, 0.29) is 11.5 Å². The third-order valence-electron chi connectivity index (χ3n) is 18.0. The molecule has 1 fully saturated rings. The standard InChI is InChI=1S/C74H112O2/c1-53(2)60(10)42-44-63(13)62(12)41-38-57(7)35-27-37-70-73(22,50-48-65(15)64(14)45-43-61(11)54(3)4)76-74(75-70)52-51-72(20,21)69(67(74)17)47-40-59(9)34-26-32-56(6)30-24-23-29-55(5)31-25-33-58(8)39-46-68-66(16)36-28-49-71(68,18)19/h23-26,29-36,39-40,46-47,60-62,65,68,70H,1,3,13-14,27-28,37-38,41-45,48-52H2,2,4-12,15-22H3/b24-23+,31-25+,32-26+,46-39+,47-40+,55-29+,56-30+,57-35+,58-33+,59-34+/t60-,61-,62+,65+,68+,70+,73+,74+/m0/s1. The van der Waals surface area contributed by atoms with E-state index in [0.717, 1.165) is 77.0 Å². The Morgan fingerprint density at radius 1 is 0.618 bits per heavy atom. The lowest BCUT2D eigenvalue weighted by Crippen LogP contribution is -2.42. The summed E-state index contributed by atoms with van der Waals surface area (Å²) in [6, 6.07) is 0. The average molecular weight is 1030 g/mol. The fourth-order valence-corrected chi connectivity index (χ4v) is 11.0. The summed E-state index contributed by atoms with van der Waals surface area (Å²) in [7, 11) is 0. The Kier molecular flexibility index (Phi) is 26.8. The van der Waals surface area contributed by atoms with Gasteiger partial charge < -0.3 is 9.47 Å². The van der Waals surface area contributed by atoms with Crippen molar-refractivity contribution < 1.29 is 9.47 Å². The molecule has 8 atom stereocenters. The van der Waals surface area contributed by atoms with Crippen LogP contribution in [0.15, 0.2) is 190 Å². The molecule has 3 rings (SSSR count). The van der Waals surface area contributed by atoms with Crippen molar-refractivity contribution in [2.45, 2.75) is 232 Å². The van der Waals surface area contributed by atoms with Crippen molar-refractivity contribution >= 4 is 0 Å². The van der Waals surface area contributed by atoms with E-state index in [1.165, 1.54) is 79.7 Å². The van der Waals surface area contributed by atoms with Gasteiger partial charge in [-0.3, -0.25) is 0 Å². The topological polar surface area (TPSA) is 18.5 Å². The lowest BCUT2D eigenvalue weighted by molar-refractivity contribution is -0.174. The highest BCUT2D eigenvalue weighted by Gasteiger charge is 2.57. The smallest absolute Gasteiger partial charge is 0.192 e. The van der Waals surface area contributed by atoms with Gasteiger partial charge in [-0.2, -0.15) is 0 Å². The molecule has 76 heavy (non-hydrogen) atoms. The Morgan fingerprint density at radius 3 is 1.66 bits per heavy atom. The first kappa shape index (κ1) is 66.0. The molecule has 0 radical (unpaired) electrons. The molecular formula is C74H112O2. The van der Waals surface area contributed by atoms with Crippen LogP contribution >= 0.6 is 0 Å². The molecule has 1 aliphatic heterocycles. The van der Waals surface area contributed by atoms with Crippen molar-refractivity contribution in [1.82, 2.24) is 0 Å². The maximum atomic E-state index is 7.47. The predicted octanol–water partition coefficient (Wildman–Crippen LogP) is 22.6. The van der Waals surface area contributed by atoms with Crippen molar-refractivity contribution in [1.29, 1.82) is 0 Å². The molecule has 3 aliphatic rings. The van der Waals surface area contributed by atoms with Gasteiger partial charge in [-0.1, -0.05) is 235 Å². The number of allylic oxidation sites excluding steroid dienone is 27. The van der Waals surface area contributed by atoms with Crippen molar-refractivity contribution in [3.05, 3.63) is 190 Å². The molecule has 0 aromatic rings. The zero-order valence-corrected chi connectivity index (χ0v) is 52.2. The van der Waals surface area contributed by atoms with Crippen molar-refractivity contribution in [3.8, 4) is 0 Å². The number of rotatable bonds is 29. The quantitative estimate of drug-likeness (QED) is 0.0549. The maximum absolute atomic E-state index is 7.47. The molecule has 0 aromatic carbocycles. The van der Waals surface area contributed by atoms with Gasteiger partial charge in [0.25, 0.3) is 0 Å². The van der Waals surface area contributed by atoms with Crippen LogP contribution in [0.2, 0.25) is 0 Å². The molecule has 0 bridgehead atoms. The Labute approximate surface area is 470 Å². The third kappa shape index (κ3) is 21.2. The summed E-state index contributed by atoms with van der Waals surface area (Å²) in [6.45, 7) is 58.4. The molecule has 1 spiro atoms. The minimum atomic E-state index is -0.740. The normalized spacial score (nSPS) is 25.7. The van der Waals surface area contributed by atoms with Gasteiger partial charge in [0.2, 0.25) is 0 Å². The van der Waals surface area contributed by atoms with Crippen LogP contribution in [-0.2, 0) is 9.47 Å². The van der Waals surface area contributed by atoms with E-state index in [2.05, 4.69) is 248 Å². The summed E-state index contributed by atoms with van der Waals surface area (Å²) in [4.78, 5) is 0. The lowest BCUT2D eigenvalue weighted by atomic mass is 9.68. The minimum absolute atomic E-state index is 0.00814. The zero-order chi connectivity index (χ0) is 57.0. The predicted molar refractivity (Wildman–Crippen MR) is 338 cm³/mol. The second kappa shape index (κ2) is 30.8. The van der Waals surface area contributed by atoms with Crippen molar-refractivity contribution in [3.63, 3.8) is 0 Å². The molecule has 0 unspecified atom stereocenters. The van der Waals surface area contributed by atoms with Crippen molar-refractivity contribution in [2.24, 2.45) is 40.4 Å². The SMILES string of the molecule is C=C(CC[C@H](C)C(=C)C)[C@H](C)CC/C(C)=C/CC[C@H]1O[C@]2(CCC(C)(C)C(/C=C/C(C)=C/C=C/C(C)=C/C=C/C=C(C)/C=C/C=C(C)/C=C/[C@@H]3C(C)=CCCC3(C)C)=C2C)O[C@]1(C)CC[C@@H](C)C(=C)CC[C@H](C)C(=C)C. The highest BCUT2D eigenvalue weighted by atomic mass is 16.8. The molecule has 2 nitrogen and oxygen atoms in total. The third-order valence-corrected chi connectivity index (χ3v) is 18.0. The van der Waals surface area contributed by atoms with Gasteiger partial charge in [-0.15, -0.1) is 0 Å². The monoisotopic (exact) mass is 1030 g/mol. The van der Waals surface area contributed by atoms with Gasteiger partial charge in [0.1, 0.15) is 0 Å². The van der Waals surface area contributed by atoms with Crippen LogP contribution in [0.25, 0.3) is 0 Å². The number of hydrogen-bond donors (Lipinski definition) is 0. The van der Waals surface area contributed by atoms with Crippen LogP contribution in [0.1, 0.15) is 215 Å². The first-order chi connectivity index (χ1) is 35.5. The number of hydrogen-bond acceptors (Lipinski definition) is 2. The van der Waals surface area contributed by atoms with Gasteiger partial charge in [0.05, 0.1) is 11.7 Å².